The van der Waals surface area contributed by atoms with Gasteiger partial charge in [-0.15, -0.1) is 0 Å². The third-order valence-electron chi connectivity index (χ3n) is 6.43. The molecule has 164 valence electrons. The van der Waals surface area contributed by atoms with Crippen LogP contribution in [0.4, 0.5) is 0 Å². The number of amides is 1. The van der Waals surface area contributed by atoms with E-state index in [-0.39, 0.29) is 5.91 Å². The molecule has 1 aliphatic heterocycles. The minimum Gasteiger partial charge on any atom is -0.466 e. The Balaban J connectivity index is 1.41. The van der Waals surface area contributed by atoms with E-state index in [2.05, 4.69) is 34.4 Å². The molecule has 0 bridgehead atoms. The molecule has 1 amide bonds. The number of benzene rings is 1. The lowest BCUT2D eigenvalue weighted by molar-refractivity contribution is 0.0692. The first-order valence-electron chi connectivity index (χ1n) is 11.2. The number of carbonyl (C=O) groups excluding carboxylic acids is 1. The lowest BCUT2D eigenvalue weighted by atomic mass is 9.90. The van der Waals surface area contributed by atoms with Crippen molar-refractivity contribution < 1.29 is 13.7 Å². The fourth-order valence-corrected chi connectivity index (χ4v) is 4.74. The Labute approximate surface area is 187 Å². The van der Waals surface area contributed by atoms with Crippen LogP contribution < -0.4 is 0 Å². The number of carbonyl (C=O) groups is 1. The molecule has 5 rings (SSSR count). The Morgan fingerprint density at radius 1 is 1.09 bits per heavy atom. The highest BCUT2D eigenvalue weighted by Crippen LogP contribution is 2.32. The Kier molecular flexibility index (Phi) is 5.29. The van der Waals surface area contributed by atoms with Crippen LogP contribution in [0.2, 0.25) is 0 Å². The van der Waals surface area contributed by atoms with Crippen molar-refractivity contribution >= 4 is 17.0 Å². The van der Waals surface area contributed by atoms with E-state index in [4.69, 9.17) is 8.94 Å². The second-order valence-electron chi connectivity index (χ2n) is 8.76. The Morgan fingerprint density at radius 3 is 2.53 bits per heavy atom. The Morgan fingerprint density at radius 2 is 1.84 bits per heavy atom. The summed E-state index contributed by atoms with van der Waals surface area (Å²) in [7, 11) is 0. The molecule has 0 N–H and O–H groups in total. The van der Waals surface area contributed by atoms with E-state index in [0.717, 1.165) is 49.4 Å². The normalized spacial score (nSPS) is 14.9. The smallest absolute Gasteiger partial charge is 0.259 e. The first-order chi connectivity index (χ1) is 15.5. The molecule has 6 nitrogen and oxygen atoms in total. The van der Waals surface area contributed by atoms with Crippen molar-refractivity contribution in [3.8, 4) is 11.3 Å². The molecule has 0 spiro atoms. The number of piperidine rings is 1. The van der Waals surface area contributed by atoms with E-state index in [1.807, 2.05) is 43.9 Å². The number of pyridine rings is 1. The summed E-state index contributed by atoms with van der Waals surface area (Å²) in [5.41, 5.74) is 4.58. The molecule has 1 aliphatic rings. The summed E-state index contributed by atoms with van der Waals surface area (Å²) in [6.07, 6.45) is 3.07. The van der Waals surface area contributed by atoms with Gasteiger partial charge in [0, 0.05) is 18.7 Å². The lowest BCUT2D eigenvalue weighted by Gasteiger charge is -2.32. The summed E-state index contributed by atoms with van der Waals surface area (Å²) < 4.78 is 11.1. The van der Waals surface area contributed by atoms with Crippen LogP contribution >= 0.6 is 0 Å². The van der Waals surface area contributed by atoms with E-state index >= 15 is 0 Å². The van der Waals surface area contributed by atoms with Crippen LogP contribution in [0.5, 0.6) is 0 Å². The van der Waals surface area contributed by atoms with Crippen molar-refractivity contribution in [3.05, 3.63) is 70.8 Å². The number of rotatable bonds is 4. The summed E-state index contributed by atoms with van der Waals surface area (Å²) >= 11 is 0. The van der Waals surface area contributed by atoms with Gasteiger partial charge in [0.05, 0.1) is 22.3 Å². The zero-order chi connectivity index (χ0) is 22.2. The van der Waals surface area contributed by atoms with Gasteiger partial charge in [0.1, 0.15) is 11.5 Å². The molecule has 1 saturated heterocycles. The minimum absolute atomic E-state index is 0.0148. The van der Waals surface area contributed by atoms with Crippen molar-refractivity contribution in [2.45, 2.75) is 40.0 Å². The van der Waals surface area contributed by atoms with E-state index in [0.29, 0.717) is 34.0 Å². The van der Waals surface area contributed by atoms with Gasteiger partial charge in [-0.3, -0.25) is 4.79 Å². The third-order valence-corrected chi connectivity index (χ3v) is 6.43. The number of nitrogens with zero attached hydrogens (tertiary/aromatic N) is 3. The molecule has 4 heterocycles. The highest BCUT2D eigenvalue weighted by Gasteiger charge is 2.28. The van der Waals surface area contributed by atoms with Gasteiger partial charge in [0.2, 0.25) is 0 Å². The van der Waals surface area contributed by atoms with Crippen LogP contribution in [0, 0.1) is 26.7 Å². The zero-order valence-electron chi connectivity index (χ0n) is 18.7. The van der Waals surface area contributed by atoms with E-state index in [1.54, 1.807) is 0 Å². The fourth-order valence-electron chi connectivity index (χ4n) is 4.74. The highest BCUT2D eigenvalue weighted by atomic mass is 16.5. The van der Waals surface area contributed by atoms with E-state index in [9.17, 15) is 4.79 Å². The maximum Gasteiger partial charge on any atom is 0.259 e. The standard InChI is InChI=1S/C26H27N3O3/c1-16-13-21(18(3)31-16)23-15-22(24-17(2)28-32-25(24)27-23)26(30)29-11-9-20(10-12-29)14-19-7-5-4-6-8-19/h4-8,13,15,20H,9-12,14H2,1-3H3. The predicted octanol–water partition coefficient (Wildman–Crippen LogP) is 5.50. The number of fused-ring (bicyclic) bond motifs is 1. The van der Waals surface area contributed by atoms with Gasteiger partial charge >= 0.3 is 0 Å². The van der Waals surface area contributed by atoms with Crippen molar-refractivity contribution in [2.24, 2.45) is 5.92 Å². The number of furan rings is 1. The molecule has 0 saturated carbocycles. The molecule has 1 fully saturated rings. The number of aryl methyl sites for hydroxylation is 3. The average Bonchev–Trinajstić information content (AvgIpc) is 3.35. The molecule has 6 heteroatoms. The third kappa shape index (κ3) is 3.81. The van der Waals surface area contributed by atoms with Crippen molar-refractivity contribution in [2.75, 3.05) is 13.1 Å². The summed E-state index contributed by atoms with van der Waals surface area (Å²) in [6.45, 7) is 7.16. The monoisotopic (exact) mass is 429 g/mol. The van der Waals surface area contributed by atoms with Crippen LogP contribution in [0.3, 0.4) is 0 Å². The molecule has 4 aromatic rings. The molecule has 0 unspecified atom stereocenters. The Bertz CT molecular complexity index is 1260. The van der Waals surface area contributed by atoms with Crippen LogP contribution in [0.15, 0.2) is 51.4 Å². The van der Waals surface area contributed by atoms with Crippen LogP contribution in [-0.2, 0) is 6.42 Å². The van der Waals surface area contributed by atoms with Gasteiger partial charge in [-0.25, -0.2) is 4.98 Å². The molecule has 3 aromatic heterocycles. The molecular weight excluding hydrogens is 402 g/mol. The molecule has 0 radical (unpaired) electrons. The largest absolute Gasteiger partial charge is 0.466 e. The first kappa shape index (κ1) is 20.5. The van der Waals surface area contributed by atoms with Gasteiger partial charge in [-0.1, -0.05) is 35.5 Å². The van der Waals surface area contributed by atoms with Crippen LogP contribution in [0.1, 0.15) is 46.0 Å². The Hall–Kier alpha value is -3.41. The summed E-state index contributed by atoms with van der Waals surface area (Å²) in [4.78, 5) is 20.2. The molecular formula is C26H27N3O3. The second kappa shape index (κ2) is 8.26. The van der Waals surface area contributed by atoms with Crippen molar-refractivity contribution in [1.29, 1.82) is 0 Å². The van der Waals surface area contributed by atoms with Crippen molar-refractivity contribution in [1.82, 2.24) is 15.0 Å². The minimum atomic E-state index is 0.0148. The number of aromatic nitrogens is 2. The fraction of sp³-hybridized carbons (Fsp3) is 0.346. The first-order valence-corrected chi connectivity index (χ1v) is 11.2. The van der Waals surface area contributed by atoms with Gasteiger partial charge in [0.15, 0.2) is 0 Å². The van der Waals surface area contributed by atoms with Gasteiger partial charge in [0.25, 0.3) is 11.6 Å². The topological polar surface area (TPSA) is 72.4 Å². The van der Waals surface area contributed by atoms with Gasteiger partial charge in [-0.2, -0.15) is 0 Å². The summed E-state index contributed by atoms with van der Waals surface area (Å²) in [6, 6.07) is 14.4. The number of likely N-dealkylation sites (tertiary alicyclic amines) is 1. The summed E-state index contributed by atoms with van der Waals surface area (Å²) in [5, 5.41) is 4.77. The highest BCUT2D eigenvalue weighted by molar-refractivity contribution is 6.07. The number of hydrogen-bond acceptors (Lipinski definition) is 5. The van der Waals surface area contributed by atoms with E-state index in [1.165, 1.54) is 5.56 Å². The molecule has 32 heavy (non-hydrogen) atoms. The maximum atomic E-state index is 13.6. The van der Waals surface area contributed by atoms with Crippen molar-refractivity contribution in [3.63, 3.8) is 0 Å². The quantitative estimate of drug-likeness (QED) is 0.428. The lowest BCUT2D eigenvalue weighted by Crippen LogP contribution is -2.39. The van der Waals surface area contributed by atoms with E-state index < -0.39 is 0 Å². The van der Waals surface area contributed by atoms with Crippen LogP contribution in [-0.4, -0.2) is 34.0 Å². The predicted molar refractivity (Wildman–Crippen MR) is 122 cm³/mol. The zero-order valence-corrected chi connectivity index (χ0v) is 18.7. The average molecular weight is 430 g/mol. The number of hydrogen-bond donors (Lipinski definition) is 0. The van der Waals surface area contributed by atoms with Crippen LogP contribution in [0.25, 0.3) is 22.4 Å². The maximum absolute atomic E-state index is 13.6. The summed E-state index contributed by atoms with van der Waals surface area (Å²) in [5.74, 6) is 2.19. The second-order valence-corrected chi connectivity index (χ2v) is 8.76. The SMILES string of the molecule is Cc1cc(-c2cc(C(=O)N3CCC(Cc4ccccc4)CC3)c3c(C)noc3n2)c(C)o1. The molecule has 0 atom stereocenters. The van der Waals surface area contributed by atoms with Gasteiger partial charge < -0.3 is 13.8 Å². The molecule has 1 aromatic carbocycles. The molecule has 0 aliphatic carbocycles. The van der Waals surface area contributed by atoms with Gasteiger partial charge in [-0.05, 0) is 63.6 Å².